The van der Waals surface area contributed by atoms with Crippen LogP contribution in [0.15, 0.2) is 72.9 Å². The van der Waals surface area contributed by atoms with Crippen LogP contribution in [-0.2, 0) is 0 Å². The summed E-state index contributed by atoms with van der Waals surface area (Å²) in [5.74, 6) is 0.893. The number of carbonyl (C=O) groups is 1. The van der Waals surface area contributed by atoms with Gasteiger partial charge in [-0.05, 0) is 24.3 Å². The van der Waals surface area contributed by atoms with E-state index >= 15 is 0 Å². The average molecular weight is 462 g/mol. The number of ether oxygens (including phenoxy) is 1. The molecule has 1 aliphatic heterocycles. The quantitative estimate of drug-likeness (QED) is 0.375. The molecule has 1 fully saturated rings. The number of benzene rings is 2. The van der Waals surface area contributed by atoms with E-state index in [1.165, 1.54) is 23.2 Å². The van der Waals surface area contributed by atoms with E-state index in [0.717, 1.165) is 37.6 Å². The Morgan fingerprint density at radius 2 is 1.76 bits per heavy atom. The second-order valence-corrected chi connectivity index (χ2v) is 7.95. The summed E-state index contributed by atoms with van der Waals surface area (Å²) < 4.78 is 5.49. The third-order valence-corrected chi connectivity index (χ3v) is 5.92. The normalized spacial score (nSPS) is 14.0. The predicted molar refractivity (Wildman–Crippen MR) is 131 cm³/mol. The molecule has 1 saturated heterocycles. The van der Waals surface area contributed by atoms with Crippen LogP contribution in [0.1, 0.15) is 10.4 Å². The Balaban J connectivity index is 1.46. The molecule has 1 amide bonds. The Hall–Kier alpha value is -3.98. The number of piperazine rings is 1. The van der Waals surface area contributed by atoms with Crippen molar-refractivity contribution < 1.29 is 14.5 Å². The number of methoxy groups -OCH3 is 1. The van der Waals surface area contributed by atoms with Crippen LogP contribution >= 0.6 is 0 Å². The van der Waals surface area contributed by atoms with Crippen LogP contribution in [0, 0.1) is 10.1 Å². The van der Waals surface area contributed by atoms with Crippen molar-refractivity contribution in [1.29, 1.82) is 0 Å². The minimum atomic E-state index is -0.479. The molecule has 3 aromatic rings. The van der Waals surface area contributed by atoms with Gasteiger partial charge in [-0.2, -0.15) is 0 Å². The number of rotatable bonds is 8. The standard InChI is InChI=1S/C25H27N5O4/c1-34-23-10-6-5-9-22(23)28-16-13-27(14-17-28)15-18-29(25(31)20-7-3-2-4-8-20)24-19-21(30(32)33)11-12-26-24/h2-12,19H,13-18H2,1H3. The molecule has 0 N–H and O–H groups in total. The Morgan fingerprint density at radius 1 is 1.06 bits per heavy atom. The maximum absolute atomic E-state index is 13.3. The van der Waals surface area contributed by atoms with E-state index < -0.39 is 4.92 Å². The zero-order chi connectivity index (χ0) is 23.9. The Bertz CT molecular complexity index is 1130. The van der Waals surface area contributed by atoms with Crippen LogP contribution in [0.4, 0.5) is 17.2 Å². The second-order valence-electron chi connectivity index (χ2n) is 7.95. The summed E-state index contributed by atoms with van der Waals surface area (Å²) in [6.45, 7) is 4.32. The molecule has 0 spiro atoms. The topological polar surface area (TPSA) is 92.0 Å². The van der Waals surface area contributed by atoms with Crippen LogP contribution in [0.5, 0.6) is 5.75 Å². The molecule has 1 aromatic heterocycles. The van der Waals surface area contributed by atoms with Crippen LogP contribution in [-0.4, -0.2) is 67.1 Å². The van der Waals surface area contributed by atoms with E-state index in [9.17, 15) is 14.9 Å². The number of nitrogens with zero attached hydrogens (tertiary/aromatic N) is 5. The molecule has 0 unspecified atom stereocenters. The zero-order valence-electron chi connectivity index (χ0n) is 19.0. The molecule has 176 valence electrons. The monoisotopic (exact) mass is 461 g/mol. The van der Waals surface area contributed by atoms with Gasteiger partial charge in [-0.1, -0.05) is 30.3 Å². The van der Waals surface area contributed by atoms with E-state index in [4.69, 9.17) is 4.74 Å². The average Bonchev–Trinajstić information content (AvgIpc) is 2.89. The summed E-state index contributed by atoms with van der Waals surface area (Å²) in [6.07, 6.45) is 1.37. The third kappa shape index (κ3) is 5.32. The highest BCUT2D eigenvalue weighted by Gasteiger charge is 2.24. The molecular formula is C25H27N5O4. The summed E-state index contributed by atoms with van der Waals surface area (Å²) >= 11 is 0. The van der Waals surface area contributed by atoms with Gasteiger partial charge in [0.15, 0.2) is 0 Å². The van der Waals surface area contributed by atoms with Crippen molar-refractivity contribution in [2.24, 2.45) is 0 Å². The number of aromatic nitrogens is 1. The highest BCUT2D eigenvalue weighted by Crippen LogP contribution is 2.28. The van der Waals surface area contributed by atoms with Crippen molar-refractivity contribution in [2.75, 3.05) is 56.2 Å². The largest absolute Gasteiger partial charge is 0.495 e. The first-order chi connectivity index (χ1) is 16.6. The third-order valence-electron chi connectivity index (χ3n) is 5.92. The Morgan fingerprint density at radius 3 is 2.47 bits per heavy atom. The maximum atomic E-state index is 13.3. The Kier molecular flexibility index (Phi) is 7.34. The molecule has 0 bridgehead atoms. The number of carbonyl (C=O) groups excluding carboxylic acids is 1. The van der Waals surface area contributed by atoms with Gasteiger partial charge in [-0.15, -0.1) is 0 Å². The number of amides is 1. The van der Waals surface area contributed by atoms with Gasteiger partial charge in [0, 0.05) is 57.1 Å². The number of anilines is 2. The smallest absolute Gasteiger partial charge is 0.274 e. The first kappa shape index (κ1) is 23.2. The van der Waals surface area contributed by atoms with Crippen molar-refractivity contribution in [3.05, 3.63) is 88.6 Å². The fourth-order valence-corrected chi connectivity index (χ4v) is 4.07. The molecular weight excluding hydrogens is 434 g/mol. The van der Waals surface area contributed by atoms with Gasteiger partial charge >= 0.3 is 0 Å². The van der Waals surface area contributed by atoms with Gasteiger partial charge in [0.25, 0.3) is 11.6 Å². The van der Waals surface area contributed by atoms with Crippen molar-refractivity contribution in [1.82, 2.24) is 9.88 Å². The molecule has 0 atom stereocenters. The predicted octanol–water partition coefficient (Wildman–Crippen LogP) is 3.47. The van der Waals surface area contributed by atoms with E-state index in [1.54, 1.807) is 31.4 Å². The molecule has 0 saturated carbocycles. The number of hydrogen-bond acceptors (Lipinski definition) is 7. The minimum absolute atomic E-state index is 0.0960. The van der Waals surface area contributed by atoms with Gasteiger partial charge in [0.2, 0.25) is 0 Å². The highest BCUT2D eigenvalue weighted by molar-refractivity contribution is 6.05. The van der Waals surface area contributed by atoms with E-state index in [1.807, 2.05) is 24.3 Å². The number of nitro groups is 1. The van der Waals surface area contributed by atoms with Gasteiger partial charge in [-0.25, -0.2) is 4.98 Å². The van der Waals surface area contributed by atoms with Crippen molar-refractivity contribution >= 4 is 23.1 Å². The van der Waals surface area contributed by atoms with Crippen LogP contribution in [0.2, 0.25) is 0 Å². The van der Waals surface area contributed by atoms with Gasteiger partial charge in [0.1, 0.15) is 11.6 Å². The second kappa shape index (κ2) is 10.8. The zero-order valence-corrected chi connectivity index (χ0v) is 19.0. The lowest BCUT2D eigenvalue weighted by molar-refractivity contribution is -0.384. The van der Waals surface area contributed by atoms with Crippen molar-refractivity contribution in [3.8, 4) is 5.75 Å². The number of hydrogen-bond donors (Lipinski definition) is 0. The van der Waals surface area contributed by atoms with E-state index in [2.05, 4.69) is 20.9 Å². The molecule has 4 rings (SSSR count). The molecule has 2 heterocycles. The molecule has 0 aliphatic carbocycles. The fourth-order valence-electron chi connectivity index (χ4n) is 4.07. The van der Waals surface area contributed by atoms with Crippen LogP contribution in [0.25, 0.3) is 0 Å². The summed E-state index contributed by atoms with van der Waals surface area (Å²) in [6, 6.07) is 19.6. The molecule has 9 nitrogen and oxygen atoms in total. The van der Waals surface area contributed by atoms with Crippen LogP contribution in [0.3, 0.4) is 0 Å². The Labute approximate surface area is 198 Å². The fraction of sp³-hybridized carbons (Fsp3) is 0.280. The molecule has 9 heteroatoms. The number of para-hydroxylation sites is 2. The molecule has 34 heavy (non-hydrogen) atoms. The SMILES string of the molecule is COc1ccccc1N1CCN(CCN(C(=O)c2ccccc2)c2cc([N+](=O)[O-])ccn2)CC1. The summed E-state index contributed by atoms with van der Waals surface area (Å²) in [5, 5.41) is 11.3. The molecule has 2 aromatic carbocycles. The number of pyridine rings is 1. The van der Waals surface area contributed by atoms with E-state index in [0.29, 0.717) is 18.7 Å². The van der Waals surface area contributed by atoms with Crippen LogP contribution < -0.4 is 14.5 Å². The molecule has 0 radical (unpaired) electrons. The minimum Gasteiger partial charge on any atom is -0.495 e. The molecule has 1 aliphatic rings. The lowest BCUT2D eigenvalue weighted by Crippen LogP contribution is -2.49. The first-order valence-corrected chi connectivity index (χ1v) is 11.1. The van der Waals surface area contributed by atoms with Gasteiger partial charge in [-0.3, -0.25) is 24.7 Å². The first-order valence-electron chi connectivity index (χ1n) is 11.1. The van der Waals surface area contributed by atoms with Gasteiger partial charge < -0.3 is 9.64 Å². The summed E-state index contributed by atoms with van der Waals surface area (Å²) in [4.78, 5) is 34.4. The van der Waals surface area contributed by atoms with Gasteiger partial charge in [0.05, 0.1) is 23.8 Å². The van der Waals surface area contributed by atoms with E-state index in [-0.39, 0.29) is 17.4 Å². The highest BCUT2D eigenvalue weighted by atomic mass is 16.6. The summed E-state index contributed by atoms with van der Waals surface area (Å²) in [7, 11) is 1.68. The van der Waals surface area contributed by atoms with Crippen molar-refractivity contribution in [2.45, 2.75) is 0 Å². The summed E-state index contributed by atoms with van der Waals surface area (Å²) in [5.41, 5.74) is 1.49. The lowest BCUT2D eigenvalue weighted by Gasteiger charge is -2.37. The van der Waals surface area contributed by atoms with Crippen molar-refractivity contribution in [3.63, 3.8) is 0 Å². The maximum Gasteiger partial charge on any atom is 0.274 e. The lowest BCUT2D eigenvalue weighted by atomic mass is 10.2.